The number of benzene rings is 2. The molecule has 29 heavy (non-hydrogen) atoms. The lowest BCUT2D eigenvalue weighted by molar-refractivity contribution is 0.0716. The molecule has 0 unspecified atom stereocenters. The second kappa shape index (κ2) is 7.32. The number of fused-ring (bicyclic) bond motifs is 2. The van der Waals surface area contributed by atoms with E-state index < -0.39 is 6.04 Å². The van der Waals surface area contributed by atoms with Crippen LogP contribution in [0.3, 0.4) is 0 Å². The number of halogens is 1. The first kappa shape index (κ1) is 19.7. The van der Waals surface area contributed by atoms with E-state index in [2.05, 4.69) is 0 Å². The molecular weight excluding hydrogens is 388 g/mol. The van der Waals surface area contributed by atoms with Crippen molar-refractivity contribution in [1.82, 2.24) is 9.80 Å². The zero-order valence-electron chi connectivity index (χ0n) is 17.0. The van der Waals surface area contributed by atoms with Crippen molar-refractivity contribution in [2.45, 2.75) is 19.9 Å². The minimum Gasteiger partial charge on any atom is -0.450 e. The molecule has 0 saturated carbocycles. The highest BCUT2D eigenvalue weighted by atomic mass is 35.5. The highest BCUT2D eigenvalue weighted by Crippen LogP contribution is 2.38. The standard InChI is InChI=1S/C23H23ClN2O3/c1-13-10-17-18(11-14(13)2)29-22-19(21(17)27)20(15-6-5-7-16(24)12-15)26(23(22)28)9-8-25(3)4/h5-7,10-12,20H,8-9H2,1-4H3/t20-/m1/s1. The first-order valence-corrected chi connectivity index (χ1v) is 9.95. The van der Waals surface area contributed by atoms with Gasteiger partial charge in [-0.1, -0.05) is 23.7 Å². The van der Waals surface area contributed by atoms with Crippen molar-refractivity contribution in [3.8, 4) is 0 Å². The second-order valence-electron chi connectivity index (χ2n) is 7.87. The third-order valence-corrected chi connectivity index (χ3v) is 5.77. The molecule has 0 radical (unpaired) electrons. The highest BCUT2D eigenvalue weighted by molar-refractivity contribution is 6.30. The Morgan fingerprint density at radius 2 is 1.83 bits per heavy atom. The molecule has 3 aromatic rings. The van der Waals surface area contributed by atoms with Gasteiger partial charge in [0, 0.05) is 18.1 Å². The molecule has 4 rings (SSSR count). The van der Waals surface area contributed by atoms with Crippen molar-refractivity contribution in [2.24, 2.45) is 0 Å². The molecule has 0 bridgehead atoms. The number of likely N-dealkylation sites (N-methyl/N-ethyl adjacent to an activating group) is 1. The second-order valence-corrected chi connectivity index (χ2v) is 8.30. The monoisotopic (exact) mass is 410 g/mol. The van der Waals surface area contributed by atoms with Crippen molar-refractivity contribution in [3.05, 3.63) is 79.7 Å². The highest BCUT2D eigenvalue weighted by Gasteiger charge is 2.42. The van der Waals surface area contributed by atoms with Gasteiger partial charge in [0.1, 0.15) is 5.58 Å². The predicted octanol–water partition coefficient (Wildman–Crippen LogP) is 4.17. The lowest BCUT2D eigenvalue weighted by Gasteiger charge is -2.26. The molecule has 0 saturated heterocycles. The Bertz CT molecular complexity index is 1180. The fraction of sp³-hybridized carbons (Fsp3) is 0.304. The Balaban J connectivity index is 1.97. The fourth-order valence-corrected chi connectivity index (χ4v) is 4.04. The van der Waals surface area contributed by atoms with Gasteiger partial charge in [-0.15, -0.1) is 0 Å². The van der Waals surface area contributed by atoms with Crippen LogP contribution in [0, 0.1) is 13.8 Å². The van der Waals surface area contributed by atoms with Gasteiger partial charge in [-0.2, -0.15) is 0 Å². The number of hydrogen-bond acceptors (Lipinski definition) is 4. The van der Waals surface area contributed by atoms with Crippen LogP contribution < -0.4 is 5.43 Å². The van der Waals surface area contributed by atoms with Crippen LogP contribution in [0.4, 0.5) is 0 Å². The number of carbonyl (C=O) groups excluding carboxylic acids is 1. The Hall–Kier alpha value is -2.63. The first-order chi connectivity index (χ1) is 13.8. The number of hydrogen-bond donors (Lipinski definition) is 0. The van der Waals surface area contributed by atoms with E-state index >= 15 is 0 Å². The van der Waals surface area contributed by atoms with Crippen molar-refractivity contribution >= 4 is 28.5 Å². The smallest absolute Gasteiger partial charge is 0.290 e. The maximum absolute atomic E-state index is 13.5. The molecule has 0 spiro atoms. The molecule has 0 aliphatic carbocycles. The fourth-order valence-electron chi connectivity index (χ4n) is 3.84. The van der Waals surface area contributed by atoms with Gasteiger partial charge >= 0.3 is 0 Å². The van der Waals surface area contributed by atoms with Gasteiger partial charge in [0.25, 0.3) is 5.91 Å². The molecule has 1 aliphatic heterocycles. The van der Waals surface area contributed by atoms with Gasteiger partial charge in [0.2, 0.25) is 5.76 Å². The Kier molecular flexibility index (Phi) is 4.97. The molecule has 1 atom stereocenters. The van der Waals surface area contributed by atoms with Gasteiger partial charge in [-0.25, -0.2) is 0 Å². The summed E-state index contributed by atoms with van der Waals surface area (Å²) in [6.07, 6.45) is 0. The molecule has 0 fully saturated rings. The summed E-state index contributed by atoms with van der Waals surface area (Å²) in [4.78, 5) is 30.5. The van der Waals surface area contributed by atoms with Crippen LogP contribution in [0.2, 0.25) is 5.02 Å². The largest absolute Gasteiger partial charge is 0.450 e. The van der Waals surface area contributed by atoms with Gasteiger partial charge in [0.15, 0.2) is 5.43 Å². The lowest BCUT2D eigenvalue weighted by atomic mass is 9.97. The average Bonchev–Trinajstić information content (AvgIpc) is 2.94. The average molecular weight is 411 g/mol. The summed E-state index contributed by atoms with van der Waals surface area (Å²) < 4.78 is 6.01. The quantitative estimate of drug-likeness (QED) is 0.647. The molecular formula is C23H23ClN2O3. The van der Waals surface area contributed by atoms with E-state index in [1.807, 2.05) is 57.1 Å². The molecule has 2 aromatic carbocycles. The first-order valence-electron chi connectivity index (χ1n) is 9.57. The minimum absolute atomic E-state index is 0.134. The summed E-state index contributed by atoms with van der Waals surface area (Å²) in [5.74, 6) is -0.126. The molecule has 0 N–H and O–H groups in total. The minimum atomic E-state index is -0.515. The Morgan fingerprint density at radius 3 is 2.52 bits per heavy atom. The SMILES string of the molecule is Cc1cc2oc3c(c(=O)c2cc1C)[C@@H](c1cccc(Cl)c1)N(CCN(C)C)C3=O. The third-order valence-electron chi connectivity index (χ3n) is 5.53. The van der Waals surface area contributed by atoms with Crippen LogP contribution in [0.15, 0.2) is 45.6 Å². The summed E-state index contributed by atoms with van der Waals surface area (Å²) >= 11 is 6.22. The van der Waals surface area contributed by atoms with Crippen molar-refractivity contribution in [3.63, 3.8) is 0 Å². The van der Waals surface area contributed by atoms with E-state index in [0.29, 0.717) is 34.6 Å². The molecule has 1 aromatic heterocycles. The van der Waals surface area contributed by atoms with Crippen LogP contribution in [0.25, 0.3) is 11.0 Å². The van der Waals surface area contributed by atoms with Crippen molar-refractivity contribution in [2.75, 3.05) is 27.2 Å². The zero-order chi connectivity index (χ0) is 20.9. The Labute approximate surface area is 174 Å². The predicted molar refractivity (Wildman–Crippen MR) is 115 cm³/mol. The summed E-state index contributed by atoms with van der Waals surface area (Å²) in [7, 11) is 3.90. The van der Waals surface area contributed by atoms with Crippen molar-refractivity contribution < 1.29 is 9.21 Å². The van der Waals surface area contributed by atoms with Gasteiger partial charge < -0.3 is 14.2 Å². The normalized spacial score (nSPS) is 16.1. The third kappa shape index (κ3) is 3.34. The summed E-state index contributed by atoms with van der Waals surface area (Å²) in [5, 5.41) is 1.06. The lowest BCUT2D eigenvalue weighted by Crippen LogP contribution is -2.35. The van der Waals surface area contributed by atoms with Gasteiger partial charge in [-0.3, -0.25) is 9.59 Å². The van der Waals surface area contributed by atoms with Crippen LogP contribution in [-0.2, 0) is 0 Å². The maximum Gasteiger partial charge on any atom is 0.290 e. The number of amides is 1. The molecule has 1 aliphatic rings. The van der Waals surface area contributed by atoms with Crippen LogP contribution in [0.5, 0.6) is 0 Å². The maximum atomic E-state index is 13.5. The van der Waals surface area contributed by atoms with Gasteiger partial charge in [0.05, 0.1) is 17.0 Å². The molecule has 5 nitrogen and oxygen atoms in total. The summed E-state index contributed by atoms with van der Waals surface area (Å²) in [6.45, 7) is 5.07. The van der Waals surface area contributed by atoms with E-state index in [1.54, 1.807) is 17.0 Å². The van der Waals surface area contributed by atoms with Crippen LogP contribution >= 0.6 is 11.6 Å². The number of nitrogens with zero attached hydrogens (tertiary/aromatic N) is 2. The number of rotatable bonds is 4. The topological polar surface area (TPSA) is 53.8 Å². The molecule has 6 heteroatoms. The number of carbonyl (C=O) groups is 1. The van der Waals surface area contributed by atoms with E-state index in [1.165, 1.54) is 0 Å². The van der Waals surface area contributed by atoms with E-state index in [4.69, 9.17) is 16.0 Å². The number of aryl methyl sites for hydroxylation is 2. The van der Waals surface area contributed by atoms with Crippen LogP contribution in [0.1, 0.15) is 38.9 Å². The summed E-state index contributed by atoms with van der Waals surface area (Å²) in [5.41, 5.74) is 3.52. The van der Waals surface area contributed by atoms with E-state index in [9.17, 15) is 9.59 Å². The van der Waals surface area contributed by atoms with Crippen molar-refractivity contribution in [1.29, 1.82) is 0 Å². The zero-order valence-corrected chi connectivity index (χ0v) is 17.7. The summed E-state index contributed by atoms with van der Waals surface area (Å²) in [6, 6.07) is 10.5. The van der Waals surface area contributed by atoms with E-state index in [-0.39, 0.29) is 17.1 Å². The van der Waals surface area contributed by atoms with Crippen LogP contribution in [-0.4, -0.2) is 42.9 Å². The van der Waals surface area contributed by atoms with E-state index in [0.717, 1.165) is 16.7 Å². The molecule has 150 valence electrons. The Morgan fingerprint density at radius 1 is 1.10 bits per heavy atom. The molecule has 2 heterocycles. The molecule has 1 amide bonds. The van der Waals surface area contributed by atoms with Gasteiger partial charge in [-0.05, 0) is 68.9 Å².